The minimum Gasteiger partial charge on any atom is -0.508 e. The van der Waals surface area contributed by atoms with Crippen molar-refractivity contribution in [2.24, 2.45) is 0 Å². The quantitative estimate of drug-likeness (QED) is 0.0321. The Hall–Kier alpha value is -6.89. The van der Waals surface area contributed by atoms with E-state index in [1.54, 1.807) is 6.92 Å². The maximum atomic E-state index is 14.7. The summed E-state index contributed by atoms with van der Waals surface area (Å²) >= 11 is 0. The van der Waals surface area contributed by atoms with Gasteiger partial charge in [-0.15, -0.1) is 6.58 Å². The Morgan fingerprint density at radius 1 is 0.775 bits per heavy atom. The Balaban J connectivity index is 1.15. The molecule has 3 aliphatic heterocycles. The Bertz CT molecular complexity index is 2930. The van der Waals surface area contributed by atoms with Crippen LogP contribution in [0.1, 0.15) is 39.2 Å². The molecular formula is C54H64O26. The third kappa shape index (κ3) is 13.5. The summed E-state index contributed by atoms with van der Waals surface area (Å²) in [6, 6.07) is 9.85. The van der Waals surface area contributed by atoms with E-state index in [1.165, 1.54) is 82.7 Å². The van der Waals surface area contributed by atoms with Crippen molar-refractivity contribution in [2.75, 3.05) is 27.4 Å². The standard InChI is InChI=1S/C54H64O26/c1-7-54(4,69)16-8-9-23(2)50(68)78-47-37(59)24(3)73-52(45(47)67)74-28-19-29(57)36-30(20-28)75-46(26-11-13-27(56)14-12-26)48(41(36)63)79-53-49(43(65)39(61)33(21-55)76-53)80-51-44(66)42(64)40(62)34(77-51)22-72-35(58)15-10-25-17-31(70-5)38(60)32(18-25)71-6/h7,9-15,17-20,24,33-34,37,39-40,42-45,47,49,51-53,55-57,59-62,64-67,69H,1,8,16,21-22H2,2-6H3/b15-10+,23-9+/t24-,33+,34-,37-,39+,40-,42+,43-,44-,45+,47+,49+,51+,52-,53-,54?/m0/s1. The van der Waals surface area contributed by atoms with Crippen molar-refractivity contribution in [3.05, 3.63) is 94.7 Å². The number of aliphatic hydroxyl groups is 9. The highest BCUT2D eigenvalue weighted by molar-refractivity contribution is 5.89. The van der Waals surface area contributed by atoms with Crippen LogP contribution in [0.2, 0.25) is 0 Å². The van der Waals surface area contributed by atoms with E-state index in [9.17, 15) is 75.7 Å². The average molecular weight is 1130 g/mol. The van der Waals surface area contributed by atoms with Crippen molar-refractivity contribution in [2.45, 2.75) is 131 Å². The summed E-state index contributed by atoms with van der Waals surface area (Å²) in [7, 11) is 2.61. The number of ether oxygens (including phenoxy) is 10. The molecule has 4 aromatic rings. The Morgan fingerprint density at radius 3 is 2.06 bits per heavy atom. The number of aliphatic hydroxyl groups excluding tert-OH is 8. The van der Waals surface area contributed by atoms with Gasteiger partial charge in [-0.3, -0.25) is 4.79 Å². The minimum atomic E-state index is -2.12. The maximum Gasteiger partial charge on any atom is 0.333 e. The molecule has 3 aliphatic rings. The van der Waals surface area contributed by atoms with Crippen molar-refractivity contribution >= 4 is 29.0 Å². The van der Waals surface area contributed by atoms with E-state index < -0.39 is 157 Å². The summed E-state index contributed by atoms with van der Waals surface area (Å²) in [6.07, 6.45) is -21.8. The first-order valence-electron chi connectivity index (χ1n) is 24.9. The zero-order valence-corrected chi connectivity index (χ0v) is 43.7. The molecule has 1 aromatic heterocycles. The molecule has 3 aromatic carbocycles. The fraction of sp³-hybridized carbons (Fsp3) is 0.463. The van der Waals surface area contributed by atoms with E-state index in [4.69, 9.17) is 51.8 Å². The van der Waals surface area contributed by atoms with Crippen molar-refractivity contribution in [1.82, 2.24) is 0 Å². The number of benzene rings is 3. The SMILES string of the molecule is C=CC(C)(O)CC/C=C(\C)C(=O)O[C@@H]1[C@@H](O)[C@H](C)O[C@@H](Oc2cc(O)c3c(=O)c(O[C@@H]4O[C@H](CO)[C@@H](O)[C@H](O)[C@H]4O[C@H]4O[C@@H](COC(=O)/C=C/c5cc(OC)c(O)c(OC)c5)[C@H](O)[C@@H](O)[C@@H]4O)c(-c4ccc(O)cc4)oc3c2)[C@@H]1O. The first kappa shape index (κ1) is 60.7. The zero-order valence-electron chi connectivity index (χ0n) is 43.7. The lowest BCUT2D eigenvalue weighted by atomic mass is 9.97. The Morgan fingerprint density at radius 2 is 1.43 bits per heavy atom. The van der Waals surface area contributed by atoms with Gasteiger partial charge in [0.2, 0.25) is 29.5 Å². The van der Waals surface area contributed by atoms with Crippen LogP contribution in [0.3, 0.4) is 0 Å². The molecule has 0 radical (unpaired) electrons. The van der Waals surface area contributed by atoms with Gasteiger partial charge in [-0.2, -0.15) is 0 Å². The van der Waals surface area contributed by atoms with Crippen LogP contribution >= 0.6 is 0 Å². The van der Waals surface area contributed by atoms with E-state index in [0.717, 1.165) is 18.2 Å². The second kappa shape index (κ2) is 25.7. The normalized spacial score (nSPS) is 29.8. The lowest BCUT2D eigenvalue weighted by Gasteiger charge is -2.45. The molecule has 3 fully saturated rings. The fourth-order valence-corrected chi connectivity index (χ4v) is 8.71. The number of carbonyl (C=O) groups is 2. The van der Waals surface area contributed by atoms with Gasteiger partial charge in [0.15, 0.2) is 41.9 Å². The number of methoxy groups -OCH3 is 2. The second-order valence-corrected chi connectivity index (χ2v) is 19.3. The van der Waals surface area contributed by atoms with E-state index >= 15 is 0 Å². The van der Waals surface area contributed by atoms with Crippen LogP contribution < -0.4 is 24.4 Å². The second-order valence-electron chi connectivity index (χ2n) is 19.3. The van der Waals surface area contributed by atoms with Crippen LogP contribution in [0, 0.1) is 0 Å². The molecule has 4 heterocycles. The molecule has 0 aliphatic carbocycles. The Kier molecular flexibility index (Phi) is 19.5. The van der Waals surface area contributed by atoms with E-state index in [0.29, 0.717) is 5.56 Å². The summed E-state index contributed by atoms with van der Waals surface area (Å²) in [5, 5.41) is 129. The smallest absolute Gasteiger partial charge is 0.333 e. The summed E-state index contributed by atoms with van der Waals surface area (Å²) in [6.45, 7) is 6.25. The van der Waals surface area contributed by atoms with Gasteiger partial charge in [0.25, 0.3) is 0 Å². The van der Waals surface area contributed by atoms with Crippen LogP contribution in [0.5, 0.6) is 40.2 Å². The Labute approximate surface area is 455 Å². The molecule has 3 saturated heterocycles. The third-order valence-electron chi connectivity index (χ3n) is 13.5. The predicted octanol–water partition coefficient (Wildman–Crippen LogP) is 0.282. The number of carbonyl (C=O) groups excluding carboxylic acids is 2. The van der Waals surface area contributed by atoms with E-state index in [2.05, 4.69) is 6.58 Å². The van der Waals surface area contributed by atoms with Gasteiger partial charge in [-0.1, -0.05) is 12.2 Å². The summed E-state index contributed by atoms with van der Waals surface area (Å²) < 4.78 is 62.4. The van der Waals surface area contributed by atoms with Crippen LogP contribution in [-0.4, -0.2) is 198 Å². The number of aromatic hydroxyl groups is 3. The monoisotopic (exact) mass is 1130 g/mol. The molecule has 26 nitrogen and oxygen atoms in total. The first-order chi connectivity index (χ1) is 37.9. The molecule has 12 N–H and O–H groups in total. The molecule has 0 amide bonds. The largest absolute Gasteiger partial charge is 0.508 e. The van der Waals surface area contributed by atoms with E-state index in [-0.39, 0.29) is 52.7 Å². The number of esters is 2. The van der Waals surface area contributed by atoms with Gasteiger partial charge in [0.05, 0.1) is 32.5 Å². The average Bonchev–Trinajstić information content (AvgIpc) is 3.52. The fourth-order valence-electron chi connectivity index (χ4n) is 8.71. The third-order valence-corrected chi connectivity index (χ3v) is 13.5. The number of rotatable bonds is 20. The number of allylic oxidation sites excluding steroid dienone is 1. The minimum absolute atomic E-state index is 0.0296. The summed E-state index contributed by atoms with van der Waals surface area (Å²) in [5.41, 5.74) is -2.25. The highest BCUT2D eigenvalue weighted by atomic mass is 16.8. The topological polar surface area (TPSA) is 399 Å². The molecule has 16 atom stereocenters. The molecule has 436 valence electrons. The van der Waals surface area contributed by atoms with Gasteiger partial charge in [-0.25, -0.2) is 9.59 Å². The van der Waals surface area contributed by atoms with Gasteiger partial charge < -0.3 is 113 Å². The lowest BCUT2D eigenvalue weighted by molar-refractivity contribution is -0.358. The van der Waals surface area contributed by atoms with Crippen LogP contribution in [-0.2, 0) is 38.0 Å². The van der Waals surface area contributed by atoms with Crippen molar-refractivity contribution in [3.63, 3.8) is 0 Å². The number of phenols is 3. The van der Waals surface area contributed by atoms with Gasteiger partial charge in [0.1, 0.15) is 83.7 Å². The molecular weight excluding hydrogens is 1060 g/mol. The first-order valence-corrected chi connectivity index (χ1v) is 24.9. The predicted molar refractivity (Wildman–Crippen MR) is 273 cm³/mol. The van der Waals surface area contributed by atoms with Crippen molar-refractivity contribution < 1.29 is 123 Å². The number of hydrogen-bond acceptors (Lipinski definition) is 26. The van der Waals surface area contributed by atoms with Crippen molar-refractivity contribution in [3.8, 4) is 51.6 Å². The number of phenolic OH excluding ortho intramolecular Hbond substituents is 3. The number of fused-ring (bicyclic) bond motifs is 1. The van der Waals surface area contributed by atoms with Gasteiger partial charge in [0, 0.05) is 29.3 Å². The highest BCUT2D eigenvalue weighted by Gasteiger charge is 2.52. The molecule has 26 heteroatoms. The molecule has 80 heavy (non-hydrogen) atoms. The van der Waals surface area contributed by atoms with Crippen LogP contribution in [0.25, 0.3) is 28.4 Å². The van der Waals surface area contributed by atoms with Gasteiger partial charge >= 0.3 is 11.9 Å². The maximum absolute atomic E-state index is 14.7. The van der Waals surface area contributed by atoms with Gasteiger partial charge in [-0.05, 0) is 81.7 Å². The van der Waals surface area contributed by atoms with E-state index in [1.807, 2.05) is 0 Å². The number of hydrogen-bond donors (Lipinski definition) is 12. The highest BCUT2D eigenvalue weighted by Crippen LogP contribution is 2.41. The summed E-state index contributed by atoms with van der Waals surface area (Å²) in [4.78, 5) is 40.6. The molecule has 1 unspecified atom stereocenters. The van der Waals surface area contributed by atoms with Crippen LogP contribution in [0.15, 0.2) is 88.1 Å². The molecule has 0 bridgehead atoms. The molecule has 0 saturated carbocycles. The van der Waals surface area contributed by atoms with Crippen molar-refractivity contribution in [1.29, 1.82) is 0 Å². The zero-order chi connectivity index (χ0) is 58.5. The molecule has 7 rings (SSSR count). The van der Waals surface area contributed by atoms with Crippen LogP contribution in [0.4, 0.5) is 0 Å². The summed E-state index contributed by atoms with van der Waals surface area (Å²) in [5.74, 6) is -4.66. The molecule has 0 spiro atoms. The lowest BCUT2D eigenvalue weighted by Crippen LogP contribution is -2.65.